The van der Waals surface area contributed by atoms with E-state index in [1.54, 1.807) is 11.1 Å². The first-order chi connectivity index (χ1) is 17.4. The van der Waals surface area contributed by atoms with Crippen LogP contribution < -0.4 is 4.74 Å². The lowest BCUT2D eigenvalue weighted by Gasteiger charge is -2.31. The maximum absolute atomic E-state index is 11.8. The number of pyridine rings is 1. The Morgan fingerprint density at radius 1 is 1.33 bits per heavy atom. The number of aromatic nitrogens is 1. The molecule has 2 aromatic rings. The molecule has 0 aliphatic carbocycles. The van der Waals surface area contributed by atoms with Gasteiger partial charge in [-0.1, -0.05) is 26.8 Å². The van der Waals surface area contributed by atoms with Crippen LogP contribution in [0.5, 0.6) is 5.75 Å². The highest BCUT2D eigenvalue weighted by Crippen LogP contribution is 2.42. The SMILES string of the molecule is C/C=C(/C)COc1ccc2nc3c(c(CC)c2c1)CN1OC2=C(C=C31)C(O)C(=O)OC2.CC.O=CO. The van der Waals surface area contributed by atoms with Gasteiger partial charge in [-0.25, -0.2) is 14.8 Å². The van der Waals surface area contributed by atoms with Crippen LogP contribution in [-0.2, 0) is 32.1 Å². The van der Waals surface area contributed by atoms with Crippen molar-refractivity contribution >= 4 is 29.0 Å². The summed E-state index contributed by atoms with van der Waals surface area (Å²) in [5.74, 6) is 0.612. The number of aliphatic hydroxyl groups excluding tert-OH is 1. The summed E-state index contributed by atoms with van der Waals surface area (Å²) < 4.78 is 10.9. The first-order valence-corrected chi connectivity index (χ1v) is 11.9. The lowest BCUT2D eigenvalue weighted by molar-refractivity contribution is -0.159. The largest absolute Gasteiger partial charge is 0.489 e. The number of hydrogen-bond donors (Lipinski definition) is 2. The van der Waals surface area contributed by atoms with Crippen LogP contribution in [0.25, 0.3) is 16.6 Å². The van der Waals surface area contributed by atoms with E-state index in [0.29, 0.717) is 24.5 Å². The van der Waals surface area contributed by atoms with Crippen LogP contribution >= 0.6 is 0 Å². The number of ether oxygens (including phenoxy) is 2. The van der Waals surface area contributed by atoms with Gasteiger partial charge in [-0.2, -0.15) is 0 Å². The van der Waals surface area contributed by atoms with Crippen molar-refractivity contribution in [1.82, 2.24) is 10.0 Å². The maximum Gasteiger partial charge on any atom is 0.340 e. The van der Waals surface area contributed by atoms with Gasteiger partial charge in [0.15, 0.2) is 18.5 Å². The predicted molar refractivity (Wildman–Crippen MR) is 135 cm³/mol. The number of cyclic esters (lactones) is 1. The predicted octanol–water partition coefficient (Wildman–Crippen LogP) is 4.14. The van der Waals surface area contributed by atoms with Crippen LogP contribution in [0.2, 0.25) is 0 Å². The molecule has 1 aromatic carbocycles. The molecule has 3 aliphatic heterocycles. The minimum atomic E-state index is -1.34. The summed E-state index contributed by atoms with van der Waals surface area (Å²) in [4.78, 5) is 31.0. The van der Waals surface area contributed by atoms with E-state index in [-0.39, 0.29) is 13.1 Å². The monoisotopic (exact) mass is 496 g/mol. The van der Waals surface area contributed by atoms with Gasteiger partial charge in [-0.3, -0.25) is 4.79 Å². The molecule has 1 unspecified atom stereocenters. The molecule has 9 nitrogen and oxygen atoms in total. The summed E-state index contributed by atoms with van der Waals surface area (Å²) in [7, 11) is 0. The number of hydroxylamine groups is 2. The molecular weight excluding hydrogens is 464 g/mol. The number of carboxylic acid groups (broad SMARTS) is 1. The van der Waals surface area contributed by atoms with Crippen LogP contribution in [0.3, 0.4) is 0 Å². The Balaban J connectivity index is 0.000000674. The van der Waals surface area contributed by atoms with Crippen LogP contribution in [0.4, 0.5) is 0 Å². The van der Waals surface area contributed by atoms with Crippen molar-refractivity contribution in [3.05, 3.63) is 64.1 Å². The molecule has 3 aliphatic rings. The zero-order valence-corrected chi connectivity index (χ0v) is 21.2. The van der Waals surface area contributed by atoms with Gasteiger partial charge in [-0.15, -0.1) is 0 Å². The molecule has 0 bridgehead atoms. The van der Waals surface area contributed by atoms with E-state index in [2.05, 4.69) is 13.0 Å². The summed E-state index contributed by atoms with van der Waals surface area (Å²) in [6.07, 6.45) is 3.33. The zero-order valence-electron chi connectivity index (χ0n) is 21.2. The van der Waals surface area contributed by atoms with Crippen LogP contribution in [-0.4, -0.2) is 52.0 Å². The standard InChI is InChI=1S/C24H24N2O5.C2H6.CH2O2/c1-4-13(3)11-29-14-6-7-19-16(8-14)15(5-2)18-10-26-20(22(18)25-19)9-17-21(31-26)12-30-24(28)23(17)27;1-2;2-1-3/h4,6-9,23,27H,5,10-12H2,1-3H3;1-2H3;1H,(H,2,3)/b13-4-;;. The van der Waals surface area contributed by atoms with Crippen LogP contribution in [0.15, 0.2) is 47.3 Å². The number of aliphatic hydroxyl groups is 1. The summed E-state index contributed by atoms with van der Waals surface area (Å²) in [6.45, 7) is 11.0. The summed E-state index contributed by atoms with van der Waals surface area (Å²) in [5.41, 5.74) is 6.34. The van der Waals surface area contributed by atoms with Crippen molar-refractivity contribution in [1.29, 1.82) is 0 Å². The second-order valence-electron chi connectivity index (χ2n) is 8.03. The van der Waals surface area contributed by atoms with Crippen molar-refractivity contribution in [2.75, 3.05) is 13.2 Å². The van der Waals surface area contributed by atoms with E-state index in [1.165, 1.54) is 11.1 Å². The highest BCUT2D eigenvalue weighted by molar-refractivity contribution is 5.89. The number of fused-ring (bicyclic) bond motifs is 4. The minimum absolute atomic E-state index is 0.0181. The smallest absolute Gasteiger partial charge is 0.340 e. The fourth-order valence-corrected chi connectivity index (χ4v) is 4.17. The molecule has 0 spiro atoms. The second kappa shape index (κ2) is 11.7. The number of carbonyl (C=O) groups excluding carboxylic acids is 1. The molecule has 1 atom stereocenters. The van der Waals surface area contributed by atoms with E-state index in [9.17, 15) is 9.90 Å². The zero-order chi connectivity index (χ0) is 26.4. The fraction of sp³-hybridized carbons (Fsp3) is 0.370. The van der Waals surface area contributed by atoms with Gasteiger partial charge in [0.05, 0.1) is 17.8 Å². The Kier molecular flexibility index (Phi) is 8.71. The Bertz CT molecular complexity index is 1250. The Morgan fingerprint density at radius 2 is 2.06 bits per heavy atom. The number of benzene rings is 1. The summed E-state index contributed by atoms with van der Waals surface area (Å²) in [5, 5.41) is 19.9. The number of rotatable bonds is 4. The molecule has 2 N–H and O–H groups in total. The minimum Gasteiger partial charge on any atom is -0.489 e. The van der Waals surface area contributed by atoms with E-state index >= 15 is 0 Å². The van der Waals surface area contributed by atoms with Gasteiger partial charge in [0.2, 0.25) is 0 Å². The number of aryl methyl sites for hydroxylation is 1. The molecule has 36 heavy (non-hydrogen) atoms. The highest BCUT2D eigenvalue weighted by Gasteiger charge is 2.39. The first-order valence-electron chi connectivity index (χ1n) is 11.9. The lowest BCUT2D eigenvalue weighted by Crippen LogP contribution is -2.36. The van der Waals surface area contributed by atoms with E-state index in [0.717, 1.165) is 40.0 Å². The fourth-order valence-electron chi connectivity index (χ4n) is 4.17. The van der Waals surface area contributed by atoms with Gasteiger partial charge in [0.25, 0.3) is 6.47 Å². The molecule has 1 aromatic heterocycles. The summed E-state index contributed by atoms with van der Waals surface area (Å²) >= 11 is 0. The highest BCUT2D eigenvalue weighted by atomic mass is 16.7. The van der Waals surface area contributed by atoms with Crippen molar-refractivity contribution in [2.45, 2.75) is 53.7 Å². The Labute approximate surface area is 210 Å². The van der Waals surface area contributed by atoms with Crippen molar-refractivity contribution in [3.8, 4) is 5.75 Å². The number of carbonyl (C=O) groups is 2. The molecule has 9 heteroatoms. The topological polar surface area (TPSA) is 118 Å². The quantitative estimate of drug-likeness (QED) is 0.366. The average molecular weight is 497 g/mol. The molecule has 4 heterocycles. The molecule has 192 valence electrons. The second-order valence-corrected chi connectivity index (χ2v) is 8.03. The Hall–Kier alpha value is -3.85. The van der Waals surface area contributed by atoms with Crippen molar-refractivity contribution < 1.29 is 34.1 Å². The van der Waals surface area contributed by atoms with Gasteiger partial charge < -0.3 is 24.5 Å². The molecule has 0 radical (unpaired) electrons. The molecule has 5 rings (SSSR count). The maximum atomic E-state index is 11.8. The molecule has 0 fully saturated rings. The lowest BCUT2D eigenvalue weighted by atomic mass is 9.98. The molecule has 0 amide bonds. The van der Waals surface area contributed by atoms with Crippen molar-refractivity contribution in [2.24, 2.45) is 0 Å². The molecule has 0 saturated heterocycles. The van der Waals surface area contributed by atoms with Crippen LogP contribution in [0.1, 0.15) is 51.4 Å². The van der Waals surface area contributed by atoms with Crippen molar-refractivity contribution in [3.63, 3.8) is 0 Å². The average Bonchev–Trinajstić information content (AvgIpc) is 3.25. The van der Waals surface area contributed by atoms with E-state index in [1.807, 2.05) is 45.9 Å². The number of hydrogen-bond acceptors (Lipinski definition) is 8. The van der Waals surface area contributed by atoms with E-state index in [4.69, 9.17) is 29.2 Å². The molecular formula is C27H32N2O7. The summed E-state index contributed by atoms with van der Waals surface area (Å²) in [6, 6.07) is 5.96. The molecule has 0 saturated carbocycles. The van der Waals surface area contributed by atoms with Crippen LogP contribution in [0, 0.1) is 0 Å². The van der Waals surface area contributed by atoms with Gasteiger partial charge in [0, 0.05) is 16.5 Å². The van der Waals surface area contributed by atoms with E-state index < -0.39 is 12.1 Å². The number of allylic oxidation sites excluding steroid dienone is 1. The third-order valence-corrected chi connectivity index (χ3v) is 6.00. The normalized spacial score (nSPS) is 17.8. The van der Waals surface area contributed by atoms with Gasteiger partial charge in [0.1, 0.15) is 18.1 Å². The third-order valence-electron chi connectivity index (χ3n) is 6.00. The first kappa shape index (κ1) is 26.7. The van der Waals surface area contributed by atoms with Gasteiger partial charge >= 0.3 is 5.97 Å². The third kappa shape index (κ3) is 5.06. The Morgan fingerprint density at radius 3 is 2.72 bits per heavy atom. The number of esters is 1. The number of nitrogens with zero attached hydrogens (tertiary/aromatic N) is 2. The van der Waals surface area contributed by atoms with Gasteiger partial charge in [-0.05, 0) is 55.7 Å².